The van der Waals surface area contributed by atoms with Crippen molar-refractivity contribution in [1.29, 1.82) is 0 Å². The Bertz CT molecular complexity index is 701. The predicted molar refractivity (Wildman–Crippen MR) is 77.8 cm³/mol. The van der Waals surface area contributed by atoms with Crippen LogP contribution < -0.4 is 4.74 Å². The van der Waals surface area contributed by atoms with Gasteiger partial charge >= 0.3 is 0 Å². The van der Waals surface area contributed by atoms with E-state index in [-0.39, 0.29) is 0 Å². The third kappa shape index (κ3) is 2.69. The zero-order valence-electron chi connectivity index (χ0n) is 10.4. The van der Waals surface area contributed by atoms with Gasteiger partial charge in [0.25, 0.3) is 0 Å². The molecule has 3 rings (SSSR count). The number of fused-ring (bicyclic) bond motifs is 1. The van der Waals surface area contributed by atoms with Gasteiger partial charge in [0.15, 0.2) is 0 Å². The molecule has 0 saturated carbocycles. The Morgan fingerprint density at radius 2 is 1.79 bits per heavy atom. The zero-order valence-corrected chi connectivity index (χ0v) is 11.2. The molecule has 0 aliphatic rings. The fraction of sp³-hybridized carbons (Fsp3) is 0.0667. The van der Waals surface area contributed by atoms with Crippen molar-refractivity contribution in [2.75, 3.05) is 6.26 Å². The molecule has 3 aromatic rings. The quantitative estimate of drug-likeness (QED) is 0.669. The second-order valence-corrected chi connectivity index (χ2v) is 4.82. The molecule has 0 bridgehead atoms. The normalized spacial score (nSPS) is 10.6. The topological polar surface area (TPSA) is 35.0 Å². The molecule has 0 unspecified atom stereocenters. The Labute approximate surface area is 115 Å². The fourth-order valence-electron chi connectivity index (χ4n) is 1.80. The third-order valence-electron chi connectivity index (χ3n) is 2.73. The number of rotatable bonds is 3. The van der Waals surface area contributed by atoms with Gasteiger partial charge in [-0.1, -0.05) is 0 Å². The summed E-state index contributed by atoms with van der Waals surface area (Å²) in [6, 6.07) is 13.6. The first kappa shape index (κ1) is 12.0. The van der Waals surface area contributed by atoms with Crippen LogP contribution in [0.5, 0.6) is 11.5 Å². The van der Waals surface area contributed by atoms with Crippen molar-refractivity contribution in [3.8, 4) is 11.5 Å². The molecule has 3 nitrogen and oxygen atoms in total. The van der Waals surface area contributed by atoms with Crippen molar-refractivity contribution in [2.24, 2.45) is 0 Å². The molecule has 0 aliphatic heterocycles. The van der Waals surface area contributed by atoms with Gasteiger partial charge in [0.2, 0.25) is 0 Å². The smallest absolute Gasteiger partial charge is 0.130 e. The van der Waals surface area contributed by atoms with E-state index in [1.807, 2.05) is 42.7 Å². The maximum atomic E-state index is 5.77. The second kappa shape index (κ2) is 5.28. The standard InChI is InChI=1S/C15H12N2OS/c1-19-15-5-2-11-10-13(3-4-14(11)17-15)18-12-6-8-16-9-7-12/h2-10H,1H3. The summed E-state index contributed by atoms with van der Waals surface area (Å²) < 4.78 is 5.77. The maximum absolute atomic E-state index is 5.77. The number of hydrogen-bond acceptors (Lipinski definition) is 4. The van der Waals surface area contributed by atoms with Crippen molar-refractivity contribution >= 4 is 22.7 Å². The van der Waals surface area contributed by atoms with Crippen LogP contribution in [0.1, 0.15) is 0 Å². The first-order valence-corrected chi connectivity index (χ1v) is 7.10. The summed E-state index contributed by atoms with van der Waals surface area (Å²) in [5.74, 6) is 1.58. The summed E-state index contributed by atoms with van der Waals surface area (Å²) in [5, 5.41) is 2.10. The lowest BCUT2D eigenvalue weighted by molar-refractivity contribution is 0.482. The predicted octanol–water partition coefficient (Wildman–Crippen LogP) is 4.14. The molecule has 0 N–H and O–H groups in total. The van der Waals surface area contributed by atoms with E-state index in [1.54, 1.807) is 24.2 Å². The minimum atomic E-state index is 0.781. The Hall–Kier alpha value is -2.07. The molecular formula is C15H12N2OS. The summed E-state index contributed by atoms with van der Waals surface area (Å²) in [5.41, 5.74) is 0.980. The molecule has 0 spiro atoms. The van der Waals surface area contributed by atoms with Crippen LogP contribution in [0.15, 0.2) is 59.9 Å². The molecule has 0 aliphatic carbocycles. The summed E-state index contributed by atoms with van der Waals surface area (Å²) in [7, 11) is 0. The molecule has 4 heteroatoms. The summed E-state index contributed by atoms with van der Waals surface area (Å²) >= 11 is 1.64. The Kier molecular flexibility index (Phi) is 3.33. The molecule has 0 amide bonds. The van der Waals surface area contributed by atoms with E-state index in [4.69, 9.17) is 4.74 Å². The van der Waals surface area contributed by atoms with E-state index in [0.29, 0.717) is 0 Å². The maximum Gasteiger partial charge on any atom is 0.130 e. The Morgan fingerprint density at radius 1 is 0.947 bits per heavy atom. The SMILES string of the molecule is CSc1ccc2cc(Oc3ccncc3)ccc2n1. The summed E-state index contributed by atoms with van der Waals surface area (Å²) in [4.78, 5) is 8.50. The summed E-state index contributed by atoms with van der Waals surface area (Å²) in [6.07, 6.45) is 5.44. The van der Waals surface area contributed by atoms with E-state index in [0.717, 1.165) is 27.4 Å². The van der Waals surface area contributed by atoms with Crippen LogP contribution >= 0.6 is 11.8 Å². The van der Waals surface area contributed by atoms with Crippen LogP contribution in [-0.4, -0.2) is 16.2 Å². The van der Waals surface area contributed by atoms with Crippen LogP contribution in [0.4, 0.5) is 0 Å². The lowest BCUT2D eigenvalue weighted by Gasteiger charge is -2.06. The number of aromatic nitrogens is 2. The van der Waals surface area contributed by atoms with Gasteiger partial charge in [-0.2, -0.15) is 0 Å². The van der Waals surface area contributed by atoms with E-state index in [9.17, 15) is 0 Å². The van der Waals surface area contributed by atoms with Gasteiger partial charge in [0.1, 0.15) is 11.5 Å². The van der Waals surface area contributed by atoms with Gasteiger partial charge < -0.3 is 4.74 Å². The minimum Gasteiger partial charge on any atom is -0.457 e. The largest absolute Gasteiger partial charge is 0.457 e. The molecule has 2 aromatic heterocycles. The highest BCUT2D eigenvalue weighted by Crippen LogP contribution is 2.25. The van der Waals surface area contributed by atoms with Gasteiger partial charge in [-0.25, -0.2) is 4.98 Å². The van der Waals surface area contributed by atoms with Gasteiger partial charge in [0.05, 0.1) is 10.5 Å². The molecule has 0 saturated heterocycles. The first-order valence-electron chi connectivity index (χ1n) is 5.88. The molecule has 1 aromatic carbocycles. The number of pyridine rings is 2. The number of hydrogen-bond donors (Lipinski definition) is 0. The molecule has 0 atom stereocenters. The molecule has 19 heavy (non-hydrogen) atoms. The van der Waals surface area contributed by atoms with Crippen LogP contribution in [0.3, 0.4) is 0 Å². The van der Waals surface area contributed by atoms with Crippen LogP contribution in [0, 0.1) is 0 Å². The monoisotopic (exact) mass is 268 g/mol. The molecule has 2 heterocycles. The van der Waals surface area contributed by atoms with Crippen LogP contribution in [0.2, 0.25) is 0 Å². The highest BCUT2D eigenvalue weighted by Gasteiger charge is 2.01. The third-order valence-corrected chi connectivity index (χ3v) is 3.38. The number of ether oxygens (including phenoxy) is 1. The average Bonchev–Trinajstić information content (AvgIpc) is 2.48. The fourth-order valence-corrected chi connectivity index (χ4v) is 2.20. The highest BCUT2D eigenvalue weighted by molar-refractivity contribution is 7.98. The average molecular weight is 268 g/mol. The van der Waals surface area contributed by atoms with Crippen LogP contribution in [0.25, 0.3) is 10.9 Å². The van der Waals surface area contributed by atoms with Crippen molar-refractivity contribution < 1.29 is 4.74 Å². The minimum absolute atomic E-state index is 0.781. The number of benzene rings is 1. The van der Waals surface area contributed by atoms with Gasteiger partial charge in [0, 0.05) is 17.8 Å². The van der Waals surface area contributed by atoms with Crippen molar-refractivity contribution in [2.45, 2.75) is 5.03 Å². The van der Waals surface area contributed by atoms with Crippen molar-refractivity contribution in [3.05, 3.63) is 54.9 Å². The van der Waals surface area contributed by atoms with Gasteiger partial charge in [-0.15, -0.1) is 11.8 Å². The van der Waals surface area contributed by atoms with Crippen molar-refractivity contribution in [3.63, 3.8) is 0 Å². The highest BCUT2D eigenvalue weighted by atomic mass is 32.2. The van der Waals surface area contributed by atoms with E-state index >= 15 is 0 Å². The zero-order chi connectivity index (χ0) is 13.1. The van der Waals surface area contributed by atoms with Crippen molar-refractivity contribution in [1.82, 2.24) is 9.97 Å². The Morgan fingerprint density at radius 3 is 2.58 bits per heavy atom. The lowest BCUT2D eigenvalue weighted by atomic mass is 10.2. The number of nitrogens with zero attached hydrogens (tertiary/aromatic N) is 2. The molecule has 94 valence electrons. The van der Waals surface area contributed by atoms with Gasteiger partial charge in [-0.05, 0) is 48.7 Å². The Balaban J connectivity index is 1.94. The van der Waals surface area contributed by atoms with E-state index < -0.39 is 0 Å². The molecular weight excluding hydrogens is 256 g/mol. The summed E-state index contributed by atoms with van der Waals surface area (Å²) in [6.45, 7) is 0. The lowest BCUT2D eigenvalue weighted by Crippen LogP contribution is -1.86. The van der Waals surface area contributed by atoms with Gasteiger partial charge in [-0.3, -0.25) is 4.98 Å². The first-order chi connectivity index (χ1) is 9.35. The number of thioether (sulfide) groups is 1. The van der Waals surface area contributed by atoms with E-state index in [2.05, 4.69) is 16.0 Å². The molecule has 0 radical (unpaired) electrons. The molecule has 0 fully saturated rings. The van der Waals surface area contributed by atoms with Crippen LogP contribution in [-0.2, 0) is 0 Å². The second-order valence-electron chi connectivity index (χ2n) is 3.99. The van der Waals surface area contributed by atoms with E-state index in [1.165, 1.54) is 0 Å².